The van der Waals surface area contributed by atoms with Crippen LogP contribution in [0.25, 0.3) is 22.4 Å². The first-order valence-corrected chi connectivity index (χ1v) is 8.31. The first-order chi connectivity index (χ1) is 11.8. The number of methoxy groups -OCH3 is 1. The highest BCUT2D eigenvalue weighted by atomic mass is 35.5. The van der Waals surface area contributed by atoms with Gasteiger partial charge in [-0.2, -0.15) is 5.10 Å². The molecular formula is C17H17ClN4O2. The van der Waals surface area contributed by atoms with Gasteiger partial charge in [-0.1, -0.05) is 23.7 Å². The molecule has 1 saturated heterocycles. The Kier molecular flexibility index (Phi) is 4.08. The van der Waals surface area contributed by atoms with Crippen LogP contribution in [0.2, 0.25) is 5.15 Å². The number of ether oxygens (including phenoxy) is 2. The maximum atomic E-state index is 6.06. The summed E-state index contributed by atoms with van der Waals surface area (Å²) in [6.45, 7) is 0.726. The van der Waals surface area contributed by atoms with E-state index in [2.05, 4.69) is 9.97 Å². The van der Waals surface area contributed by atoms with Gasteiger partial charge in [0, 0.05) is 12.2 Å². The lowest BCUT2D eigenvalue weighted by Gasteiger charge is -2.22. The molecule has 0 spiro atoms. The fourth-order valence-electron chi connectivity index (χ4n) is 3.03. The van der Waals surface area contributed by atoms with Gasteiger partial charge in [-0.25, -0.2) is 14.6 Å². The van der Waals surface area contributed by atoms with Crippen molar-refractivity contribution < 1.29 is 9.47 Å². The Labute approximate surface area is 144 Å². The molecule has 7 heteroatoms. The summed E-state index contributed by atoms with van der Waals surface area (Å²) in [5, 5.41) is 5.10. The van der Waals surface area contributed by atoms with Gasteiger partial charge in [0.15, 0.2) is 11.9 Å². The molecule has 3 heterocycles. The summed E-state index contributed by atoms with van der Waals surface area (Å²) < 4.78 is 13.1. The van der Waals surface area contributed by atoms with E-state index in [0.717, 1.165) is 42.9 Å². The Morgan fingerprint density at radius 2 is 2.17 bits per heavy atom. The number of fused-ring (bicyclic) bond motifs is 1. The molecule has 1 aliphatic heterocycles. The van der Waals surface area contributed by atoms with Gasteiger partial charge in [-0.15, -0.1) is 0 Å². The predicted octanol–water partition coefficient (Wildman–Crippen LogP) is 3.85. The molecule has 124 valence electrons. The van der Waals surface area contributed by atoms with Gasteiger partial charge in [0.05, 0.1) is 13.3 Å². The Hall–Kier alpha value is -2.18. The minimum absolute atomic E-state index is 0.141. The van der Waals surface area contributed by atoms with Crippen LogP contribution in [0.1, 0.15) is 25.5 Å². The van der Waals surface area contributed by atoms with E-state index in [1.165, 1.54) is 6.20 Å². The van der Waals surface area contributed by atoms with Crippen molar-refractivity contribution in [2.45, 2.75) is 25.5 Å². The van der Waals surface area contributed by atoms with Gasteiger partial charge >= 0.3 is 0 Å². The number of hydrogen-bond donors (Lipinski definition) is 0. The number of hydrogen-bond acceptors (Lipinski definition) is 5. The highest BCUT2D eigenvalue weighted by Gasteiger charge is 2.24. The Morgan fingerprint density at radius 1 is 1.29 bits per heavy atom. The van der Waals surface area contributed by atoms with Crippen molar-refractivity contribution in [1.29, 1.82) is 0 Å². The fraction of sp³-hybridized carbons (Fsp3) is 0.353. The van der Waals surface area contributed by atoms with Crippen LogP contribution in [0.5, 0.6) is 5.75 Å². The molecule has 1 aromatic carbocycles. The van der Waals surface area contributed by atoms with Crippen LogP contribution in [0, 0.1) is 0 Å². The third-order valence-corrected chi connectivity index (χ3v) is 4.35. The number of aromatic nitrogens is 4. The smallest absolute Gasteiger partial charge is 0.181 e. The van der Waals surface area contributed by atoms with Crippen LogP contribution in [0.15, 0.2) is 30.5 Å². The first-order valence-electron chi connectivity index (χ1n) is 7.93. The van der Waals surface area contributed by atoms with Crippen molar-refractivity contribution in [3.05, 3.63) is 35.6 Å². The Balaban J connectivity index is 1.93. The van der Waals surface area contributed by atoms with Crippen molar-refractivity contribution in [3.63, 3.8) is 0 Å². The first kappa shape index (κ1) is 15.4. The second-order valence-electron chi connectivity index (χ2n) is 5.68. The van der Waals surface area contributed by atoms with Gasteiger partial charge in [-0.3, -0.25) is 0 Å². The topological polar surface area (TPSA) is 62.1 Å². The number of halogens is 1. The standard InChI is InChI=1S/C17H17ClN4O2/c1-23-12-7-3-2-6-11(12)15-16-17(20-13(18)10-19-16)22(21-15)14-8-4-5-9-24-14/h2-3,6-7,10,14H,4-5,8-9H2,1H3. The van der Waals surface area contributed by atoms with Gasteiger partial charge < -0.3 is 9.47 Å². The van der Waals surface area contributed by atoms with Crippen LogP contribution >= 0.6 is 11.6 Å². The monoisotopic (exact) mass is 344 g/mol. The quantitative estimate of drug-likeness (QED) is 0.722. The lowest BCUT2D eigenvalue weighted by Crippen LogP contribution is -2.19. The van der Waals surface area contributed by atoms with Crippen LogP contribution in [-0.2, 0) is 4.74 Å². The minimum atomic E-state index is -0.141. The maximum absolute atomic E-state index is 6.06. The molecule has 1 aliphatic rings. The highest BCUT2D eigenvalue weighted by Crippen LogP contribution is 2.35. The van der Waals surface area contributed by atoms with Crippen LogP contribution in [0.3, 0.4) is 0 Å². The molecule has 1 atom stereocenters. The summed E-state index contributed by atoms with van der Waals surface area (Å²) in [5.74, 6) is 0.741. The van der Waals surface area contributed by atoms with E-state index in [9.17, 15) is 0 Å². The zero-order chi connectivity index (χ0) is 16.5. The third-order valence-electron chi connectivity index (χ3n) is 4.16. The largest absolute Gasteiger partial charge is 0.496 e. The van der Waals surface area contributed by atoms with Crippen LogP contribution in [-0.4, -0.2) is 33.5 Å². The van der Waals surface area contributed by atoms with E-state index in [0.29, 0.717) is 16.3 Å². The van der Waals surface area contributed by atoms with Crippen LogP contribution < -0.4 is 4.74 Å². The SMILES string of the molecule is COc1ccccc1-c1nn(C2CCCCO2)c2nc(Cl)cnc12. The molecular weight excluding hydrogens is 328 g/mol. The predicted molar refractivity (Wildman–Crippen MR) is 91.2 cm³/mol. The minimum Gasteiger partial charge on any atom is -0.496 e. The number of nitrogens with zero attached hydrogens (tertiary/aromatic N) is 4. The van der Waals surface area contributed by atoms with Gasteiger partial charge in [0.2, 0.25) is 0 Å². The summed E-state index contributed by atoms with van der Waals surface area (Å²) >= 11 is 6.06. The normalized spacial score (nSPS) is 18.0. The van der Waals surface area contributed by atoms with Crippen molar-refractivity contribution in [1.82, 2.24) is 19.7 Å². The molecule has 24 heavy (non-hydrogen) atoms. The Bertz CT molecular complexity index is 874. The maximum Gasteiger partial charge on any atom is 0.181 e. The lowest BCUT2D eigenvalue weighted by atomic mass is 10.1. The van der Waals surface area contributed by atoms with Crippen molar-refractivity contribution in [2.24, 2.45) is 0 Å². The van der Waals surface area contributed by atoms with E-state index in [1.54, 1.807) is 11.8 Å². The zero-order valence-corrected chi connectivity index (χ0v) is 14.0. The van der Waals surface area contributed by atoms with Crippen LogP contribution in [0.4, 0.5) is 0 Å². The van der Waals surface area contributed by atoms with Crippen molar-refractivity contribution >= 4 is 22.8 Å². The Morgan fingerprint density at radius 3 is 2.96 bits per heavy atom. The second-order valence-corrected chi connectivity index (χ2v) is 6.07. The van der Waals surface area contributed by atoms with Crippen molar-refractivity contribution in [2.75, 3.05) is 13.7 Å². The molecule has 3 aromatic rings. The summed E-state index contributed by atoms with van der Waals surface area (Å²) in [6, 6.07) is 7.74. The molecule has 0 bridgehead atoms. The van der Waals surface area contributed by atoms with E-state index in [4.69, 9.17) is 26.2 Å². The molecule has 2 aromatic heterocycles. The molecule has 0 N–H and O–H groups in total. The summed E-state index contributed by atoms with van der Waals surface area (Å²) in [5.41, 5.74) is 2.92. The lowest BCUT2D eigenvalue weighted by molar-refractivity contribution is -0.0368. The summed E-state index contributed by atoms with van der Waals surface area (Å²) in [7, 11) is 1.64. The molecule has 1 fully saturated rings. The number of benzene rings is 1. The average molecular weight is 345 g/mol. The third kappa shape index (κ3) is 2.61. The van der Waals surface area contributed by atoms with E-state index >= 15 is 0 Å². The van der Waals surface area contributed by atoms with E-state index in [-0.39, 0.29) is 6.23 Å². The molecule has 4 rings (SSSR count). The molecule has 0 amide bonds. The molecule has 1 unspecified atom stereocenters. The number of rotatable bonds is 3. The molecule has 0 saturated carbocycles. The van der Waals surface area contributed by atoms with E-state index in [1.807, 2.05) is 24.3 Å². The van der Waals surface area contributed by atoms with Gasteiger partial charge in [-0.05, 0) is 31.4 Å². The second kappa shape index (κ2) is 6.37. The van der Waals surface area contributed by atoms with E-state index < -0.39 is 0 Å². The summed E-state index contributed by atoms with van der Waals surface area (Å²) in [6.07, 6.45) is 4.47. The zero-order valence-electron chi connectivity index (χ0n) is 13.3. The molecule has 0 aliphatic carbocycles. The average Bonchev–Trinajstić information content (AvgIpc) is 3.01. The van der Waals surface area contributed by atoms with Crippen molar-refractivity contribution in [3.8, 4) is 17.0 Å². The molecule has 6 nitrogen and oxygen atoms in total. The number of para-hydroxylation sites is 1. The van der Waals surface area contributed by atoms with Gasteiger partial charge in [0.1, 0.15) is 22.1 Å². The van der Waals surface area contributed by atoms with Gasteiger partial charge in [0.25, 0.3) is 0 Å². The summed E-state index contributed by atoms with van der Waals surface area (Å²) in [4.78, 5) is 8.89. The highest BCUT2D eigenvalue weighted by molar-refractivity contribution is 6.29. The fourth-order valence-corrected chi connectivity index (χ4v) is 3.16. The molecule has 0 radical (unpaired) electrons.